The quantitative estimate of drug-likeness (QED) is 0.693. The van der Waals surface area contributed by atoms with Gasteiger partial charge in [-0.1, -0.05) is 0 Å². The molecule has 76 valence electrons. The lowest BCUT2D eigenvalue weighted by molar-refractivity contribution is 0.0524. The molecule has 0 bridgehead atoms. The molecule has 1 aromatic rings. The summed E-state index contributed by atoms with van der Waals surface area (Å²) < 4.78 is 11.7. The third kappa shape index (κ3) is 1.63. The van der Waals surface area contributed by atoms with Gasteiger partial charge in [-0.25, -0.2) is 4.79 Å². The molecule has 0 saturated carbocycles. The highest BCUT2D eigenvalue weighted by molar-refractivity contribution is 5.05. The Morgan fingerprint density at radius 2 is 2.57 bits per heavy atom. The molecule has 5 nitrogen and oxygen atoms in total. The van der Waals surface area contributed by atoms with Gasteiger partial charge in [0.2, 0.25) is 5.88 Å². The molecule has 5 heteroatoms. The topological polar surface area (TPSA) is 53.4 Å². The molecular weight excluding hydrogens is 184 g/mol. The van der Waals surface area contributed by atoms with Crippen LogP contribution in [0, 0.1) is 0 Å². The van der Waals surface area contributed by atoms with E-state index in [1.54, 1.807) is 12.3 Å². The molecule has 14 heavy (non-hydrogen) atoms. The third-order valence-electron chi connectivity index (χ3n) is 2.23. The van der Waals surface area contributed by atoms with Crippen LogP contribution in [0.2, 0.25) is 0 Å². The fraction of sp³-hybridized carbons (Fsp3) is 0.556. The van der Waals surface area contributed by atoms with Crippen molar-refractivity contribution in [2.45, 2.75) is 19.1 Å². The third-order valence-corrected chi connectivity index (χ3v) is 2.23. The van der Waals surface area contributed by atoms with Crippen LogP contribution in [-0.4, -0.2) is 23.3 Å². The van der Waals surface area contributed by atoms with E-state index in [1.165, 1.54) is 11.7 Å². The molecule has 1 atom stereocenters. The Kier molecular flexibility index (Phi) is 2.49. The summed E-state index contributed by atoms with van der Waals surface area (Å²) in [5, 5.41) is 0. The monoisotopic (exact) mass is 196 g/mol. The fourth-order valence-electron chi connectivity index (χ4n) is 1.51. The first-order chi connectivity index (χ1) is 6.81. The molecule has 0 unspecified atom stereocenters. The van der Waals surface area contributed by atoms with Crippen LogP contribution in [0.25, 0.3) is 0 Å². The van der Waals surface area contributed by atoms with Crippen LogP contribution in [0.5, 0.6) is 5.88 Å². The number of methoxy groups -OCH3 is 1. The summed E-state index contributed by atoms with van der Waals surface area (Å²) in [6, 6.07) is 1.66. The number of nitrogens with zero attached hydrogens (tertiary/aromatic N) is 2. The Morgan fingerprint density at radius 1 is 1.71 bits per heavy atom. The predicted molar refractivity (Wildman–Crippen MR) is 49.3 cm³/mol. The van der Waals surface area contributed by atoms with Gasteiger partial charge in [-0.15, -0.1) is 0 Å². The Labute approximate surface area is 81.3 Å². The summed E-state index contributed by atoms with van der Waals surface area (Å²) in [7, 11) is 1.48. The molecule has 2 rings (SSSR count). The van der Waals surface area contributed by atoms with Crippen LogP contribution in [0.1, 0.15) is 19.1 Å². The van der Waals surface area contributed by atoms with Gasteiger partial charge in [0.1, 0.15) is 6.23 Å². The molecule has 1 aromatic heterocycles. The summed E-state index contributed by atoms with van der Waals surface area (Å²) in [6.45, 7) is 0.711. The number of hydrogen-bond donors (Lipinski definition) is 0. The first-order valence-corrected chi connectivity index (χ1v) is 4.56. The van der Waals surface area contributed by atoms with Crippen molar-refractivity contribution in [3.05, 3.63) is 22.7 Å². The van der Waals surface area contributed by atoms with Crippen LogP contribution < -0.4 is 10.4 Å². The van der Waals surface area contributed by atoms with Gasteiger partial charge in [0, 0.05) is 18.9 Å². The van der Waals surface area contributed by atoms with E-state index < -0.39 is 0 Å². The van der Waals surface area contributed by atoms with Crippen molar-refractivity contribution in [1.29, 1.82) is 0 Å². The number of hydrogen-bond acceptors (Lipinski definition) is 4. The Hall–Kier alpha value is -1.36. The van der Waals surface area contributed by atoms with Crippen molar-refractivity contribution in [2.75, 3.05) is 13.7 Å². The standard InChI is InChI=1S/C9H12N2O3/c1-13-7-4-5-11(9(12)10-7)8-3-2-6-14-8/h4-5,8H,2-3,6H2,1H3/t8-/m1/s1. The summed E-state index contributed by atoms with van der Waals surface area (Å²) in [4.78, 5) is 15.2. The first kappa shape index (κ1) is 9.21. The second kappa shape index (κ2) is 3.79. The van der Waals surface area contributed by atoms with Crippen LogP contribution in [0.15, 0.2) is 17.1 Å². The number of aromatic nitrogens is 2. The number of ether oxygens (including phenoxy) is 2. The SMILES string of the molecule is COc1ccn([C@H]2CCCO2)c(=O)n1. The minimum Gasteiger partial charge on any atom is -0.481 e. The fourth-order valence-corrected chi connectivity index (χ4v) is 1.51. The van der Waals surface area contributed by atoms with E-state index in [-0.39, 0.29) is 11.9 Å². The Morgan fingerprint density at radius 3 is 3.14 bits per heavy atom. The highest BCUT2D eigenvalue weighted by Crippen LogP contribution is 2.20. The van der Waals surface area contributed by atoms with Crippen molar-refractivity contribution >= 4 is 0 Å². The van der Waals surface area contributed by atoms with Crippen LogP contribution in [0.4, 0.5) is 0 Å². The molecule has 0 spiro atoms. The van der Waals surface area contributed by atoms with E-state index in [0.717, 1.165) is 12.8 Å². The minimum absolute atomic E-state index is 0.152. The lowest BCUT2D eigenvalue weighted by Gasteiger charge is -2.12. The molecule has 1 aliphatic rings. The van der Waals surface area contributed by atoms with Crippen molar-refractivity contribution in [2.24, 2.45) is 0 Å². The van der Waals surface area contributed by atoms with E-state index in [1.807, 2.05) is 0 Å². The highest BCUT2D eigenvalue weighted by Gasteiger charge is 2.18. The van der Waals surface area contributed by atoms with Gasteiger partial charge in [-0.2, -0.15) is 4.98 Å². The molecular formula is C9H12N2O3. The van der Waals surface area contributed by atoms with Crippen LogP contribution in [-0.2, 0) is 4.74 Å². The molecule has 0 aliphatic carbocycles. The number of rotatable bonds is 2. The molecule has 0 radical (unpaired) electrons. The zero-order valence-corrected chi connectivity index (χ0v) is 7.97. The molecule has 0 N–H and O–H groups in total. The molecule has 1 fully saturated rings. The van der Waals surface area contributed by atoms with Crippen molar-refractivity contribution in [3.8, 4) is 5.88 Å². The maximum absolute atomic E-state index is 11.5. The summed E-state index contributed by atoms with van der Waals surface area (Å²) in [6.07, 6.45) is 3.36. The zero-order chi connectivity index (χ0) is 9.97. The van der Waals surface area contributed by atoms with Gasteiger partial charge in [0.25, 0.3) is 0 Å². The average molecular weight is 196 g/mol. The maximum Gasteiger partial charge on any atom is 0.352 e. The Bertz CT molecular complexity index is 369. The minimum atomic E-state index is -0.323. The predicted octanol–water partition coefficient (Wildman–Crippen LogP) is 0.561. The summed E-state index contributed by atoms with van der Waals surface area (Å²) >= 11 is 0. The first-order valence-electron chi connectivity index (χ1n) is 4.56. The zero-order valence-electron chi connectivity index (χ0n) is 7.97. The van der Waals surface area contributed by atoms with E-state index in [2.05, 4.69) is 4.98 Å². The normalized spacial score (nSPS) is 21.1. The summed E-state index contributed by atoms with van der Waals surface area (Å²) in [5.74, 6) is 0.337. The largest absolute Gasteiger partial charge is 0.481 e. The molecule has 2 heterocycles. The Balaban J connectivity index is 2.30. The lowest BCUT2D eigenvalue weighted by Crippen LogP contribution is -2.26. The molecule has 0 aromatic carbocycles. The van der Waals surface area contributed by atoms with Gasteiger partial charge in [-0.3, -0.25) is 4.57 Å². The molecule has 1 saturated heterocycles. The smallest absolute Gasteiger partial charge is 0.352 e. The van der Waals surface area contributed by atoms with E-state index in [4.69, 9.17) is 9.47 Å². The van der Waals surface area contributed by atoms with Crippen molar-refractivity contribution < 1.29 is 9.47 Å². The van der Waals surface area contributed by atoms with E-state index in [9.17, 15) is 4.79 Å². The van der Waals surface area contributed by atoms with Crippen molar-refractivity contribution in [1.82, 2.24) is 9.55 Å². The maximum atomic E-state index is 11.5. The van der Waals surface area contributed by atoms with Crippen molar-refractivity contribution in [3.63, 3.8) is 0 Å². The second-order valence-electron chi connectivity index (χ2n) is 3.13. The average Bonchev–Trinajstić information content (AvgIpc) is 2.70. The van der Waals surface area contributed by atoms with Gasteiger partial charge in [0.05, 0.1) is 7.11 Å². The second-order valence-corrected chi connectivity index (χ2v) is 3.13. The van der Waals surface area contributed by atoms with Gasteiger partial charge < -0.3 is 9.47 Å². The van der Waals surface area contributed by atoms with E-state index >= 15 is 0 Å². The van der Waals surface area contributed by atoms with Gasteiger partial charge in [-0.05, 0) is 12.8 Å². The molecule has 1 aliphatic heterocycles. The lowest BCUT2D eigenvalue weighted by atomic mass is 10.3. The highest BCUT2D eigenvalue weighted by atomic mass is 16.5. The summed E-state index contributed by atoms with van der Waals surface area (Å²) in [5.41, 5.74) is -0.323. The molecule has 0 amide bonds. The van der Waals surface area contributed by atoms with Gasteiger partial charge in [0.15, 0.2) is 0 Å². The van der Waals surface area contributed by atoms with Gasteiger partial charge >= 0.3 is 5.69 Å². The van der Waals surface area contributed by atoms with E-state index in [0.29, 0.717) is 12.5 Å². The van der Waals surface area contributed by atoms with Crippen LogP contribution >= 0.6 is 0 Å². The van der Waals surface area contributed by atoms with Crippen LogP contribution in [0.3, 0.4) is 0 Å².